The largest absolute Gasteiger partial charge is 0.313 e. The van der Waals surface area contributed by atoms with Gasteiger partial charge < -0.3 is 5.32 Å². The van der Waals surface area contributed by atoms with Crippen molar-refractivity contribution in [2.24, 2.45) is 0 Å². The first kappa shape index (κ1) is 15.4. The van der Waals surface area contributed by atoms with Gasteiger partial charge in [0.1, 0.15) is 11.6 Å². The normalized spacial score (nSPS) is 12.4. The van der Waals surface area contributed by atoms with Gasteiger partial charge in [0, 0.05) is 16.6 Å². The highest BCUT2D eigenvalue weighted by Gasteiger charge is 2.15. The standard InChI is InChI=1S/C15H13BrClF2N/c1-20-15(11-4-3-10(17)8-14(11)19)7-9-2-5-13(18)12(16)6-9/h2-6,8,15,20H,7H2,1H3. The van der Waals surface area contributed by atoms with Crippen molar-refractivity contribution < 1.29 is 8.78 Å². The van der Waals surface area contributed by atoms with Gasteiger partial charge >= 0.3 is 0 Å². The molecule has 0 spiro atoms. The Balaban J connectivity index is 2.26. The van der Waals surface area contributed by atoms with Crippen molar-refractivity contribution in [3.8, 4) is 0 Å². The third-order valence-electron chi connectivity index (χ3n) is 3.11. The molecule has 2 aromatic rings. The summed E-state index contributed by atoms with van der Waals surface area (Å²) in [7, 11) is 1.76. The molecule has 2 rings (SSSR count). The van der Waals surface area contributed by atoms with E-state index in [0.717, 1.165) is 5.56 Å². The molecule has 1 atom stereocenters. The average molecular weight is 361 g/mol. The second-order valence-corrected chi connectivity index (χ2v) is 5.75. The zero-order chi connectivity index (χ0) is 14.7. The Morgan fingerprint density at radius 1 is 1.15 bits per heavy atom. The summed E-state index contributed by atoms with van der Waals surface area (Å²) in [5.41, 5.74) is 1.45. The summed E-state index contributed by atoms with van der Waals surface area (Å²) in [5.74, 6) is -0.662. The zero-order valence-electron chi connectivity index (χ0n) is 10.8. The minimum atomic E-state index is -0.349. The van der Waals surface area contributed by atoms with E-state index >= 15 is 0 Å². The smallest absolute Gasteiger partial charge is 0.137 e. The maximum atomic E-state index is 13.9. The summed E-state index contributed by atoms with van der Waals surface area (Å²) in [6.45, 7) is 0. The van der Waals surface area contributed by atoms with Crippen molar-refractivity contribution in [1.82, 2.24) is 5.32 Å². The summed E-state index contributed by atoms with van der Waals surface area (Å²) in [6, 6.07) is 9.20. The Hall–Kier alpha value is -0.970. The summed E-state index contributed by atoms with van der Waals surface area (Å²) in [6.07, 6.45) is 0.550. The van der Waals surface area contributed by atoms with Crippen LogP contribution in [0.1, 0.15) is 17.2 Å². The maximum Gasteiger partial charge on any atom is 0.137 e. The number of likely N-dealkylation sites (N-methyl/N-ethyl adjacent to an activating group) is 1. The van der Waals surface area contributed by atoms with Gasteiger partial charge in [-0.2, -0.15) is 0 Å². The highest BCUT2D eigenvalue weighted by atomic mass is 79.9. The first-order chi connectivity index (χ1) is 9.51. The fourth-order valence-corrected chi connectivity index (χ4v) is 2.64. The lowest BCUT2D eigenvalue weighted by atomic mass is 9.98. The molecule has 1 unspecified atom stereocenters. The van der Waals surface area contributed by atoms with E-state index in [2.05, 4.69) is 21.2 Å². The summed E-state index contributed by atoms with van der Waals surface area (Å²) in [4.78, 5) is 0. The average Bonchev–Trinajstić information content (AvgIpc) is 2.41. The molecular weight excluding hydrogens is 348 g/mol. The topological polar surface area (TPSA) is 12.0 Å². The molecule has 106 valence electrons. The van der Waals surface area contributed by atoms with Gasteiger partial charge in [-0.05, 0) is 59.2 Å². The van der Waals surface area contributed by atoms with Gasteiger partial charge in [0.15, 0.2) is 0 Å². The van der Waals surface area contributed by atoms with Crippen LogP contribution in [0.3, 0.4) is 0 Å². The van der Waals surface area contributed by atoms with Crippen LogP contribution < -0.4 is 5.32 Å². The fourth-order valence-electron chi connectivity index (χ4n) is 2.05. The molecule has 0 aliphatic rings. The quantitative estimate of drug-likeness (QED) is 0.819. The van der Waals surface area contributed by atoms with Crippen molar-refractivity contribution in [2.75, 3.05) is 7.05 Å². The van der Waals surface area contributed by atoms with Crippen LogP contribution in [0.2, 0.25) is 5.02 Å². The van der Waals surface area contributed by atoms with Crippen LogP contribution in [0.5, 0.6) is 0 Å². The highest BCUT2D eigenvalue weighted by Crippen LogP contribution is 2.25. The van der Waals surface area contributed by atoms with Crippen LogP contribution in [0.15, 0.2) is 40.9 Å². The van der Waals surface area contributed by atoms with Crippen LogP contribution in [-0.2, 0) is 6.42 Å². The molecule has 0 aliphatic heterocycles. The minimum Gasteiger partial charge on any atom is -0.313 e. The summed E-state index contributed by atoms with van der Waals surface area (Å²) in [5, 5.41) is 3.44. The van der Waals surface area contributed by atoms with E-state index in [4.69, 9.17) is 11.6 Å². The van der Waals surface area contributed by atoms with Crippen LogP contribution in [0, 0.1) is 11.6 Å². The molecule has 0 fully saturated rings. The Labute approximate surface area is 130 Å². The van der Waals surface area contributed by atoms with Gasteiger partial charge in [0.05, 0.1) is 4.47 Å². The summed E-state index contributed by atoms with van der Waals surface area (Å²) >= 11 is 8.91. The van der Waals surface area contributed by atoms with E-state index in [9.17, 15) is 8.78 Å². The number of hydrogen-bond donors (Lipinski definition) is 1. The van der Waals surface area contributed by atoms with Gasteiger partial charge in [0.25, 0.3) is 0 Å². The number of halogens is 4. The molecule has 0 saturated carbocycles. The lowest BCUT2D eigenvalue weighted by Gasteiger charge is -2.18. The third kappa shape index (κ3) is 3.57. The van der Waals surface area contributed by atoms with Gasteiger partial charge in [-0.1, -0.05) is 23.7 Å². The van der Waals surface area contributed by atoms with E-state index in [1.807, 2.05) is 0 Å². The van der Waals surface area contributed by atoms with Crippen LogP contribution in [0.4, 0.5) is 8.78 Å². The maximum absolute atomic E-state index is 13.9. The molecule has 2 aromatic carbocycles. The van der Waals surface area contributed by atoms with Gasteiger partial charge in [-0.25, -0.2) is 8.78 Å². The predicted octanol–water partition coefficient (Wildman–Crippen LogP) is 4.88. The second-order valence-electron chi connectivity index (χ2n) is 4.46. The van der Waals surface area contributed by atoms with Crippen molar-refractivity contribution in [1.29, 1.82) is 0 Å². The number of rotatable bonds is 4. The second kappa shape index (κ2) is 6.66. The Kier molecular flexibility index (Phi) is 5.13. The Morgan fingerprint density at radius 2 is 1.90 bits per heavy atom. The molecule has 1 N–H and O–H groups in total. The van der Waals surface area contributed by atoms with Gasteiger partial charge in [-0.15, -0.1) is 0 Å². The summed E-state index contributed by atoms with van der Waals surface area (Å²) < 4.78 is 27.6. The van der Waals surface area contributed by atoms with E-state index in [0.29, 0.717) is 21.5 Å². The predicted molar refractivity (Wildman–Crippen MR) is 81.0 cm³/mol. The first-order valence-corrected chi connectivity index (χ1v) is 7.24. The van der Waals surface area contributed by atoms with Crippen molar-refractivity contribution in [2.45, 2.75) is 12.5 Å². The molecule has 0 bridgehead atoms. The number of nitrogens with one attached hydrogen (secondary N) is 1. The SMILES string of the molecule is CNC(Cc1ccc(F)c(Br)c1)c1ccc(Cl)cc1F. The molecule has 0 radical (unpaired) electrons. The third-order valence-corrected chi connectivity index (χ3v) is 3.95. The van der Waals surface area contributed by atoms with Gasteiger partial charge in [0.2, 0.25) is 0 Å². The lowest BCUT2D eigenvalue weighted by molar-refractivity contribution is 0.533. The van der Waals surface area contributed by atoms with E-state index < -0.39 is 0 Å². The van der Waals surface area contributed by atoms with Crippen molar-refractivity contribution in [3.05, 3.63) is 68.7 Å². The van der Waals surface area contributed by atoms with E-state index in [1.165, 1.54) is 12.1 Å². The van der Waals surface area contributed by atoms with E-state index in [1.54, 1.807) is 31.3 Å². The number of hydrogen-bond acceptors (Lipinski definition) is 1. The van der Waals surface area contributed by atoms with Crippen LogP contribution in [-0.4, -0.2) is 7.05 Å². The van der Waals surface area contributed by atoms with Crippen molar-refractivity contribution in [3.63, 3.8) is 0 Å². The molecule has 1 nitrogen and oxygen atoms in total. The fraction of sp³-hybridized carbons (Fsp3) is 0.200. The molecule has 5 heteroatoms. The van der Waals surface area contributed by atoms with Gasteiger partial charge in [-0.3, -0.25) is 0 Å². The van der Waals surface area contributed by atoms with Crippen LogP contribution >= 0.6 is 27.5 Å². The first-order valence-electron chi connectivity index (χ1n) is 6.07. The highest BCUT2D eigenvalue weighted by molar-refractivity contribution is 9.10. The Morgan fingerprint density at radius 3 is 2.50 bits per heavy atom. The molecular formula is C15H13BrClF2N. The van der Waals surface area contributed by atoms with Crippen molar-refractivity contribution >= 4 is 27.5 Å². The lowest BCUT2D eigenvalue weighted by Crippen LogP contribution is -2.20. The molecule has 0 heterocycles. The molecule has 0 aromatic heterocycles. The minimum absolute atomic E-state index is 0.204. The molecule has 0 saturated heterocycles. The number of benzene rings is 2. The molecule has 0 amide bonds. The monoisotopic (exact) mass is 359 g/mol. The molecule has 0 aliphatic carbocycles. The van der Waals surface area contributed by atoms with E-state index in [-0.39, 0.29) is 17.7 Å². The van der Waals surface area contributed by atoms with Crippen LogP contribution in [0.25, 0.3) is 0 Å². The molecule has 20 heavy (non-hydrogen) atoms. The zero-order valence-corrected chi connectivity index (χ0v) is 13.1. The Bertz CT molecular complexity index is 619.